The van der Waals surface area contributed by atoms with E-state index in [0.717, 1.165) is 39.1 Å². The number of rotatable bonds is 8. The van der Waals surface area contributed by atoms with Gasteiger partial charge in [-0.05, 0) is 71.5 Å². The Hall–Kier alpha value is -3.35. The normalized spacial score (nSPS) is 14.4. The average Bonchev–Trinajstić information content (AvgIpc) is 2.78. The first kappa shape index (κ1) is 22.8. The van der Waals surface area contributed by atoms with Gasteiger partial charge in [0, 0.05) is 0 Å². The van der Waals surface area contributed by atoms with E-state index in [2.05, 4.69) is 23.8 Å². The second-order valence-electron chi connectivity index (χ2n) is 8.25. The summed E-state index contributed by atoms with van der Waals surface area (Å²) in [6.07, 6.45) is 0. The lowest BCUT2D eigenvalue weighted by atomic mass is 9.91. The zero-order chi connectivity index (χ0) is 23.4. The number of carbonyl (C=O) groups excluding carboxylic acids is 1. The first-order valence-electron chi connectivity index (χ1n) is 10.8. The highest BCUT2D eigenvalue weighted by Crippen LogP contribution is 2.35. The molecular formula is C27H28O6. The van der Waals surface area contributed by atoms with Crippen molar-refractivity contribution in [2.75, 3.05) is 26.9 Å². The molecule has 172 valence electrons. The Morgan fingerprint density at radius 3 is 2.42 bits per heavy atom. The molecule has 0 amide bonds. The number of aromatic hydroxyl groups is 1. The van der Waals surface area contributed by atoms with E-state index >= 15 is 0 Å². The van der Waals surface area contributed by atoms with Crippen molar-refractivity contribution in [2.45, 2.75) is 26.1 Å². The minimum atomic E-state index is -0.625. The van der Waals surface area contributed by atoms with E-state index in [4.69, 9.17) is 14.2 Å². The van der Waals surface area contributed by atoms with Crippen LogP contribution in [0.5, 0.6) is 11.5 Å². The van der Waals surface area contributed by atoms with Gasteiger partial charge in [0.2, 0.25) is 0 Å². The fraction of sp³-hybridized carbons (Fsp3) is 0.296. The van der Waals surface area contributed by atoms with E-state index in [1.165, 1.54) is 7.11 Å². The van der Waals surface area contributed by atoms with Gasteiger partial charge in [0.15, 0.2) is 0 Å². The number of methoxy groups -OCH3 is 1. The van der Waals surface area contributed by atoms with Crippen molar-refractivity contribution in [3.05, 3.63) is 82.9 Å². The molecule has 1 saturated heterocycles. The zero-order valence-corrected chi connectivity index (χ0v) is 19.1. The number of ether oxygens (including phenoxy) is 4. The summed E-state index contributed by atoms with van der Waals surface area (Å²) in [5, 5.41) is 9.72. The lowest BCUT2D eigenvalue weighted by Crippen LogP contribution is -2.49. The fourth-order valence-corrected chi connectivity index (χ4v) is 3.97. The van der Waals surface area contributed by atoms with Gasteiger partial charge in [-0.15, -0.1) is 0 Å². The molecule has 1 aliphatic rings. The van der Waals surface area contributed by atoms with Crippen LogP contribution in [0.2, 0.25) is 0 Å². The molecule has 0 bridgehead atoms. The van der Waals surface area contributed by atoms with E-state index in [0.29, 0.717) is 19.8 Å². The molecule has 6 nitrogen and oxygen atoms in total. The lowest BCUT2D eigenvalue weighted by molar-refractivity contribution is -0.220. The van der Waals surface area contributed by atoms with Crippen LogP contribution in [-0.4, -0.2) is 38.0 Å². The van der Waals surface area contributed by atoms with Crippen molar-refractivity contribution >= 4 is 5.97 Å². The number of phenolic OH excluding ortho intramolecular Hbond substituents is 1. The average molecular weight is 449 g/mol. The maximum Gasteiger partial charge on any atom is 0.331 e. The molecule has 0 spiro atoms. The largest absolute Gasteiger partial charge is 0.508 e. The van der Waals surface area contributed by atoms with Crippen LogP contribution in [0, 0.1) is 13.8 Å². The highest BCUT2D eigenvalue weighted by molar-refractivity contribution is 5.72. The highest BCUT2D eigenvalue weighted by atomic mass is 16.6. The van der Waals surface area contributed by atoms with E-state index in [9.17, 15) is 9.90 Å². The summed E-state index contributed by atoms with van der Waals surface area (Å²) in [5.41, 5.74) is 5.79. The van der Waals surface area contributed by atoms with Gasteiger partial charge in [-0.25, -0.2) is 4.79 Å². The Kier molecular flexibility index (Phi) is 6.67. The second-order valence-corrected chi connectivity index (χ2v) is 8.25. The topological polar surface area (TPSA) is 74.2 Å². The van der Waals surface area contributed by atoms with Gasteiger partial charge in [0.1, 0.15) is 30.3 Å². The number of aryl methyl sites for hydroxylation is 1. The standard InChI is InChI=1S/C27H28O6/c1-18-13-22(28)9-12-24(18)25-6-4-5-20(19(25)2)14-32-23-10-7-21(8-11-23)27(16-31-17-27)33-15-26(29)30-3/h4-13,28H,14-17H2,1-3H3. The molecule has 0 unspecified atom stereocenters. The molecule has 1 heterocycles. The SMILES string of the molecule is COC(=O)COC1(c2ccc(OCc3cccc(-c4ccc(O)cc4C)c3C)cc2)COC1. The molecule has 0 radical (unpaired) electrons. The third-order valence-electron chi connectivity index (χ3n) is 6.09. The smallest absolute Gasteiger partial charge is 0.331 e. The Bertz CT molecular complexity index is 1130. The zero-order valence-electron chi connectivity index (χ0n) is 19.1. The maximum absolute atomic E-state index is 11.5. The molecule has 6 heteroatoms. The van der Waals surface area contributed by atoms with Crippen LogP contribution in [0.1, 0.15) is 22.3 Å². The molecule has 1 aliphatic heterocycles. The third-order valence-corrected chi connectivity index (χ3v) is 6.09. The maximum atomic E-state index is 11.5. The van der Waals surface area contributed by atoms with Crippen molar-refractivity contribution < 1.29 is 28.8 Å². The second kappa shape index (κ2) is 9.65. The Morgan fingerprint density at radius 1 is 1.03 bits per heavy atom. The number of carbonyl (C=O) groups is 1. The van der Waals surface area contributed by atoms with Crippen LogP contribution in [0.15, 0.2) is 60.7 Å². The molecule has 0 aliphatic carbocycles. The summed E-state index contributed by atoms with van der Waals surface area (Å²) >= 11 is 0. The lowest BCUT2D eigenvalue weighted by Gasteiger charge is -2.41. The van der Waals surface area contributed by atoms with E-state index in [1.807, 2.05) is 43.3 Å². The molecule has 33 heavy (non-hydrogen) atoms. The molecule has 3 aromatic carbocycles. The number of hydrogen-bond donors (Lipinski definition) is 1. The first-order chi connectivity index (χ1) is 15.9. The van der Waals surface area contributed by atoms with Gasteiger partial charge in [-0.1, -0.05) is 36.4 Å². The van der Waals surface area contributed by atoms with Crippen molar-refractivity contribution in [1.82, 2.24) is 0 Å². The minimum Gasteiger partial charge on any atom is -0.508 e. The van der Waals surface area contributed by atoms with Crippen molar-refractivity contribution in [3.63, 3.8) is 0 Å². The van der Waals surface area contributed by atoms with E-state index < -0.39 is 11.6 Å². The van der Waals surface area contributed by atoms with Crippen LogP contribution in [-0.2, 0) is 31.2 Å². The van der Waals surface area contributed by atoms with Gasteiger partial charge >= 0.3 is 5.97 Å². The summed E-state index contributed by atoms with van der Waals surface area (Å²) in [5.74, 6) is 0.594. The van der Waals surface area contributed by atoms with Gasteiger partial charge in [-0.2, -0.15) is 0 Å². The predicted molar refractivity (Wildman–Crippen MR) is 124 cm³/mol. The van der Waals surface area contributed by atoms with E-state index in [-0.39, 0.29) is 12.4 Å². The molecule has 1 fully saturated rings. The molecule has 4 rings (SSSR count). The number of benzene rings is 3. The quantitative estimate of drug-likeness (QED) is 0.505. The van der Waals surface area contributed by atoms with Gasteiger partial charge in [0.25, 0.3) is 0 Å². The molecule has 0 atom stereocenters. The molecule has 0 aromatic heterocycles. The van der Waals surface area contributed by atoms with Crippen LogP contribution < -0.4 is 4.74 Å². The van der Waals surface area contributed by atoms with Crippen LogP contribution in [0.4, 0.5) is 0 Å². The minimum absolute atomic E-state index is 0.117. The fourth-order valence-electron chi connectivity index (χ4n) is 3.97. The monoisotopic (exact) mass is 448 g/mol. The van der Waals surface area contributed by atoms with Gasteiger partial charge in [0.05, 0.1) is 20.3 Å². The van der Waals surface area contributed by atoms with Crippen molar-refractivity contribution in [2.24, 2.45) is 0 Å². The Morgan fingerprint density at radius 2 is 1.79 bits per heavy atom. The number of esters is 1. The Labute approximate surface area is 193 Å². The molecule has 0 saturated carbocycles. The summed E-state index contributed by atoms with van der Waals surface area (Å²) < 4.78 is 21.9. The van der Waals surface area contributed by atoms with E-state index in [1.54, 1.807) is 12.1 Å². The third kappa shape index (κ3) is 4.87. The summed E-state index contributed by atoms with van der Waals surface area (Å²) in [6.45, 7) is 5.19. The number of phenols is 1. The highest BCUT2D eigenvalue weighted by Gasteiger charge is 2.42. The molecule has 1 N–H and O–H groups in total. The van der Waals surface area contributed by atoms with Crippen LogP contribution in [0.3, 0.4) is 0 Å². The van der Waals surface area contributed by atoms with Crippen LogP contribution >= 0.6 is 0 Å². The number of hydrogen-bond acceptors (Lipinski definition) is 6. The van der Waals surface area contributed by atoms with Gasteiger partial charge < -0.3 is 24.1 Å². The first-order valence-corrected chi connectivity index (χ1v) is 10.8. The molecular weight excluding hydrogens is 420 g/mol. The summed E-state index contributed by atoms with van der Waals surface area (Å²) in [4.78, 5) is 11.5. The molecule has 3 aromatic rings. The Balaban J connectivity index is 1.45. The predicted octanol–water partition coefficient (Wildman–Crippen LogP) is 4.67. The van der Waals surface area contributed by atoms with Crippen LogP contribution in [0.25, 0.3) is 11.1 Å². The van der Waals surface area contributed by atoms with Gasteiger partial charge in [-0.3, -0.25) is 0 Å². The van der Waals surface area contributed by atoms with Crippen molar-refractivity contribution in [1.29, 1.82) is 0 Å². The summed E-state index contributed by atoms with van der Waals surface area (Å²) in [6, 6.07) is 19.3. The van der Waals surface area contributed by atoms with Crippen molar-refractivity contribution in [3.8, 4) is 22.6 Å². The summed E-state index contributed by atoms with van der Waals surface area (Å²) in [7, 11) is 1.34.